The molecule has 0 aliphatic carbocycles. The number of anilines is 2. The number of nitrogens with zero attached hydrogens (tertiary/aromatic N) is 1. The summed E-state index contributed by atoms with van der Waals surface area (Å²) in [5, 5.41) is 0. The first-order valence-electron chi connectivity index (χ1n) is 6.96. The average Bonchev–Trinajstić information content (AvgIpc) is 2.44. The fourth-order valence-electron chi connectivity index (χ4n) is 2.30. The predicted octanol–water partition coefficient (Wildman–Crippen LogP) is 3.77. The van der Waals surface area contributed by atoms with Gasteiger partial charge in [-0.05, 0) is 49.2 Å². The maximum Gasteiger partial charge on any atom is 0.258 e. The number of benzene rings is 2. The van der Waals surface area contributed by atoms with Gasteiger partial charge >= 0.3 is 0 Å². The van der Waals surface area contributed by atoms with Crippen molar-refractivity contribution in [2.45, 2.75) is 20.3 Å². The molecule has 21 heavy (non-hydrogen) atoms. The molecule has 110 valence electrons. The van der Waals surface area contributed by atoms with Crippen molar-refractivity contribution in [1.82, 2.24) is 0 Å². The van der Waals surface area contributed by atoms with Crippen molar-refractivity contribution in [2.24, 2.45) is 0 Å². The molecular weight excluding hydrogens is 267 g/mol. The highest BCUT2D eigenvalue weighted by molar-refractivity contribution is 6.07. The number of rotatable bonds is 4. The molecule has 0 aliphatic rings. The normalized spacial score (nSPS) is 10.4. The number of amides is 1. The summed E-state index contributed by atoms with van der Waals surface area (Å²) in [5.74, 6) is -0.645. The molecule has 0 unspecified atom stereocenters. The van der Waals surface area contributed by atoms with Gasteiger partial charge in [-0.25, -0.2) is 4.39 Å². The Morgan fingerprint density at radius 1 is 1.24 bits per heavy atom. The van der Waals surface area contributed by atoms with Crippen LogP contribution in [0.15, 0.2) is 42.5 Å². The van der Waals surface area contributed by atoms with E-state index in [1.54, 1.807) is 30.0 Å². The largest absolute Gasteiger partial charge is 0.397 e. The molecule has 0 spiro atoms. The van der Waals surface area contributed by atoms with Crippen molar-refractivity contribution in [3.63, 3.8) is 0 Å². The lowest BCUT2D eigenvalue weighted by Crippen LogP contribution is -2.32. The number of hydrogen-bond acceptors (Lipinski definition) is 2. The van der Waals surface area contributed by atoms with Gasteiger partial charge in [0.15, 0.2) is 0 Å². The van der Waals surface area contributed by atoms with Crippen LogP contribution in [0.3, 0.4) is 0 Å². The molecule has 2 aromatic rings. The number of para-hydroxylation sites is 2. The zero-order chi connectivity index (χ0) is 15.4. The van der Waals surface area contributed by atoms with E-state index >= 15 is 0 Å². The quantitative estimate of drug-likeness (QED) is 0.870. The molecule has 0 heterocycles. The third kappa shape index (κ3) is 3.40. The van der Waals surface area contributed by atoms with Crippen LogP contribution >= 0.6 is 0 Å². The molecule has 0 saturated heterocycles. The van der Waals surface area contributed by atoms with Crippen LogP contribution in [0.25, 0.3) is 0 Å². The van der Waals surface area contributed by atoms with E-state index in [-0.39, 0.29) is 5.91 Å². The molecule has 0 aromatic heterocycles. The monoisotopic (exact) mass is 286 g/mol. The summed E-state index contributed by atoms with van der Waals surface area (Å²) < 4.78 is 13.5. The lowest BCUT2D eigenvalue weighted by Gasteiger charge is -2.24. The van der Waals surface area contributed by atoms with E-state index < -0.39 is 5.82 Å². The zero-order valence-corrected chi connectivity index (χ0v) is 12.3. The van der Waals surface area contributed by atoms with Gasteiger partial charge in [0.1, 0.15) is 5.82 Å². The van der Waals surface area contributed by atoms with Gasteiger partial charge in [-0.2, -0.15) is 0 Å². The molecule has 4 heteroatoms. The molecule has 0 aliphatic heterocycles. The molecule has 0 atom stereocenters. The first-order chi connectivity index (χ1) is 10.0. The highest BCUT2D eigenvalue weighted by atomic mass is 19.1. The molecule has 0 saturated carbocycles. The Morgan fingerprint density at radius 2 is 1.95 bits per heavy atom. The summed E-state index contributed by atoms with van der Waals surface area (Å²) in [5.41, 5.74) is 8.21. The second kappa shape index (κ2) is 6.39. The molecule has 1 amide bonds. The molecular formula is C17H19FN2O. The van der Waals surface area contributed by atoms with Crippen LogP contribution in [-0.4, -0.2) is 12.5 Å². The zero-order valence-electron chi connectivity index (χ0n) is 12.3. The summed E-state index contributed by atoms with van der Waals surface area (Å²) in [6, 6.07) is 11.6. The lowest BCUT2D eigenvalue weighted by atomic mass is 10.1. The lowest BCUT2D eigenvalue weighted by molar-refractivity contribution is 0.0986. The van der Waals surface area contributed by atoms with E-state index in [9.17, 15) is 9.18 Å². The Labute approximate surface area is 124 Å². The van der Waals surface area contributed by atoms with E-state index in [0.29, 0.717) is 23.5 Å². The smallest absolute Gasteiger partial charge is 0.258 e. The van der Waals surface area contributed by atoms with Gasteiger partial charge in [0.25, 0.3) is 5.91 Å². The Hall–Kier alpha value is -2.36. The van der Waals surface area contributed by atoms with Crippen LogP contribution in [-0.2, 0) is 0 Å². The second-order valence-corrected chi connectivity index (χ2v) is 5.03. The van der Waals surface area contributed by atoms with Gasteiger partial charge in [0.2, 0.25) is 0 Å². The molecule has 0 bridgehead atoms. The van der Waals surface area contributed by atoms with Crippen molar-refractivity contribution in [2.75, 3.05) is 17.2 Å². The molecule has 2 aromatic carbocycles. The van der Waals surface area contributed by atoms with Crippen LogP contribution in [0.2, 0.25) is 0 Å². The second-order valence-electron chi connectivity index (χ2n) is 5.03. The Kier molecular flexibility index (Phi) is 4.58. The van der Waals surface area contributed by atoms with Gasteiger partial charge < -0.3 is 10.6 Å². The standard InChI is InChI=1S/C17H19FN2O/c1-3-8-20(16-7-5-4-6-15(16)19)17(21)13-9-12(2)10-14(18)11-13/h4-7,9-11H,3,8,19H2,1-2H3. The van der Waals surface area contributed by atoms with E-state index in [2.05, 4.69) is 0 Å². The first-order valence-corrected chi connectivity index (χ1v) is 6.96. The van der Waals surface area contributed by atoms with E-state index in [4.69, 9.17) is 5.73 Å². The Bertz CT molecular complexity index is 635. The van der Waals surface area contributed by atoms with Crippen LogP contribution < -0.4 is 10.6 Å². The summed E-state index contributed by atoms with van der Waals surface area (Å²) in [6.45, 7) is 4.28. The first kappa shape index (κ1) is 15.0. The number of carbonyl (C=O) groups is 1. The van der Waals surface area contributed by atoms with Crippen LogP contribution in [0.5, 0.6) is 0 Å². The summed E-state index contributed by atoms with van der Waals surface area (Å²) in [6.07, 6.45) is 0.786. The van der Waals surface area contributed by atoms with Gasteiger partial charge in [-0.1, -0.05) is 19.1 Å². The number of halogens is 1. The highest BCUT2D eigenvalue weighted by Crippen LogP contribution is 2.25. The number of hydrogen-bond donors (Lipinski definition) is 1. The molecule has 0 radical (unpaired) electrons. The van der Waals surface area contributed by atoms with Gasteiger partial charge in [-0.3, -0.25) is 4.79 Å². The highest BCUT2D eigenvalue weighted by Gasteiger charge is 2.19. The van der Waals surface area contributed by atoms with Gasteiger partial charge in [0, 0.05) is 12.1 Å². The number of nitrogen functional groups attached to an aromatic ring is 1. The van der Waals surface area contributed by atoms with Gasteiger partial charge in [0.05, 0.1) is 11.4 Å². The fraction of sp³-hybridized carbons (Fsp3) is 0.235. The van der Waals surface area contributed by atoms with Crippen molar-refractivity contribution in [3.05, 3.63) is 59.4 Å². The van der Waals surface area contributed by atoms with Crippen molar-refractivity contribution < 1.29 is 9.18 Å². The maximum absolute atomic E-state index is 13.5. The Morgan fingerprint density at radius 3 is 2.57 bits per heavy atom. The van der Waals surface area contributed by atoms with Crippen LogP contribution in [0.1, 0.15) is 29.3 Å². The molecule has 2 rings (SSSR count). The fourth-order valence-corrected chi connectivity index (χ4v) is 2.30. The topological polar surface area (TPSA) is 46.3 Å². The number of nitrogens with two attached hydrogens (primary N) is 1. The number of aryl methyl sites for hydroxylation is 1. The van der Waals surface area contributed by atoms with E-state index in [1.807, 2.05) is 19.1 Å². The Balaban J connectivity index is 2.42. The minimum atomic E-state index is -0.407. The summed E-state index contributed by atoms with van der Waals surface area (Å²) in [7, 11) is 0. The van der Waals surface area contributed by atoms with Crippen molar-refractivity contribution in [1.29, 1.82) is 0 Å². The number of carbonyl (C=O) groups excluding carboxylic acids is 1. The minimum Gasteiger partial charge on any atom is -0.397 e. The van der Waals surface area contributed by atoms with E-state index in [1.165, 1.54) is 12.1 Å². The SMILES string of the molecule is CCCN(C(=O)c1cc(C)cc(F)c1)c1ccccc1N. The summed E-state index contributed by atoms with van der Waals surface area (Å²) in [4.78, 5) is 14.3. The minimum absolute atomic E-state index is 0.239. The third-order valence-corrected chi connectivity index (χ3v) is 3.21. The summed E-state index contributed by atoms with van der Waals surface area (Å²) >= 11 is 0. The van der Waals surface area contributed by atoms with Crippen molar-refractivity contribution >= 4 is 17.3 Å². The average molecular weight is 286 g/mol. The molecule has 0 fully saturated rings. The molecule has 3 nitrogen and oxygen atoms in total. The van der Waals surface area contributed by atoms with Crippen LogP contribution in [0, 0.1) is 12.7 Å². The maximum atomic E-state index is 13.5. The predicted molar refractivity (Wildman–Crippen MR) is 84.0 cm³/mol. The van der Waals surface area contributed by atoms with E-state index in [0.717, 1.165) is 12.0 Å². The van der Waals surface area contributed by atoms with Crippen molar-refractivity contribution in [3.8, 4) is 0 Å². The van der Waals surface area contributed by atoms with Crippen LogP contribution in [0.4, 0.5) is 15.8 Å². The van der Waals surface area contributed by atoms with Gasteiger partial charge in [-0.15, -0.1) is 0 Å². The molecule has 2 N–H and O–H groups in total. The third-order valence-electron chi connectivity index (χ3n) is 3.21.